The van der Waals surface area contributed by atoms with E-state index in [1.807, 2.05) is 0 Å². The molecule has 2 fully saturated rings. The second kappa shape index (κ2) is 2.59. The number of Topliss-reactive ketones (excluding diaryl/α,β-unsaturated/α-hetero) is 1. The topological polar surface area (TPSA) is 29.1 Å². The minimum atomic E-state index is 0.418. The van der Waals surface area contributed by atoms with Crippen LogP contribution in [-0.4, -0.2) is 17.9 Å². The van der Waals surface area contributed by atoms with Gasteiger partial charge in [0.2, 0.25) is 0 Å². The zero-order chi connectivity index (χ0) is 7.84. The summed E-state index contributed by atoms with van der Waals surface area (Å²) in [6.45, 7) is 2.10. The molecular weight excluding hydrogens is 138 g/mol. The highest BCUT2D eigenvalue weighted by Gasteiger charge is 2.35. The second-order valence-electron chi connectivity index (χ2n) is 3.96. The van der Waals surface area contributed by atoms with E-state index >= 15 is 0 Å². The predicted molar refractivity (Wildman–Crippen MR) is 43.4 cm³/mol. The van der Waals surface area contributed by atoms with Gasteiger partial charge in [-0.25, -0.2) is 0 Å². The van der Waals surface area contributed by atoms with Crippen molar-refractivity contribution >= 4 is 5.78 Å². The van der Waals surface area contributed by atoms with Gasteiger partial charge in [-0.2, -0.15) is 0 Å². The van der Waals surface area contributed by atoms with Gasteiger partial charge in [0.1, 0.15) is 5.78 Å². The molecule has 0 unspecified atom stereocenters. The average Bonchev–Trinajstić information content (AvgIpc) is 2.64. The highest BCUT2D eigenvalue weighted by Crippen LogP contribution is 2.35. The van der Waals surface area contributed by atoms with Gasteiger partial charge in [-0.15, -0.1) is 0 Å². The van der Waals surface area contributed by atoms with Crippen LogP contribution in [0.3, 0.4) is 0 Å². The lowest BCUT2D eigenvalue weighted by molar-refractivity contribution is -0.121. The summed E-state index contributed by atoms with van der Waals surface area (Å²) < 4.78 is 0. The Hall–Kier alpha value is -0.370. The molecule has 0 aromatic heterocycles. The average molecular weight is 153 g/mol. The SMILES string of the molecule is C[C@H]1CC(=O)C[C@@H](C2CC2)N1. The van der Waals surface area contributed by atoms with Crippen molar-refractivity contribution in [3.05, 3.63) is 0 Å². The molecule has 2 heteroatoms. The van der Waals surface area contributed by atoms with E-state index < -0.39 is 0 Å². The van der Waals surface area contributed by atoms with E-state index in [0.717, 1.165) is 18.8 Å². The van der Waals surface area contributed by atoms with Gasteiger partial charge in [0.25, 0.3) is 0 Å². The Balaban J connectivity index is 1.94. The number of piperidine rings is 1. The Bertz CT molecular complexity index is 174. The van der Waals surface area contributed by atoms with E-state index in [4.69, 9.17) is 0 Å². The van der Waals surface area contributed by atoms with Gasteiger partial charge >= 0.3 is 0 Å². The molecule has 0 amide bonds. The summed E-state index contributed by atoms with van der Waals surface area (Å²) in [4.78, 5) is 11.2. The van der Waals surface area contributed by atoms with Crippen LogP contribution in [0.4, 0.5) is 0 Å². The number of carbonyl (C=O) groups is 1. The fourth-order valence-corrected chi connectivity index (χ4v) is 1.95. The molecule has 1 saturated carbocycles. The number of nitrogens with one attached hydrogen (secondary N) is 1. The normalized spacial score (nSPS) is 39.2. The molecule has 62 valence electrons. The first-order valence-electron chi connectivity index (χ1n) is 4.53. The minimum Gasteiger partial charge on any atom is -0.310 e. The quantitative estimate of drug-likeness (QED) is 0.611. The van der Waals surface area contributed by atoms with Crippen molar-refractivity contribution in [3.8, 4) is 0 Å². The first-order valence-corrected chi connectivity index (χ1v) is 4.53. The molecule has 1 aliphatic heterocycles. The van der Waals surface area contributed by atoms with Crippen LogP contribution in [0.5, 0.6) is 0 Å². The van der Waals surface area contributed by atoms with Crippen LogP contribution >= 0.6 is 0 Å². The molecule has 0 bridgehead atoms. The Kier molecular flexibility index (Phi) is 1.72. The van der Waals surface area contributed by atoms with Gasteiger partial charge in [0, 0.05) is 24.9 Å². The molecule has 0 radical (unpaired) electrons. The van der Waals surface area contributed by atoms with Crippen LogP contribution in [0.2, 0.25) is 0 Å². The summed E-state index contributed by atoms with van der Waals surface area (Å²) in [6, 6.07) is 0.938. The molecule has 2 aliphatic rings. The maximum atomic E-state index is 11.2. The van der Waals surface area contributed by atoms with E-state index in [9.17, 15) is 4.79 Å². The van der Waals surface area contributed by atoms with Crippen LogP contribution in [0.15, 0.2) is 0 Å². The van der Waals surface area contributed by atoms with Gasteiger partial charge < -0.3 is 5.32 Å². The third-order valence-corrected chi connectivity index (χ3v) is 2.67. The largest absolute Gasteiger partial charge is 0.310 e. The van der Waals surface area contributed by atoms with Crippen molar-refractivity contribution in [3.63, 3.8) is 0 Å². The smallest absolute Gasteiger partial charge is 0.136 e. The monoisotopic (exact) mass is 153 g/mol. The van der Waals surface area contributed by atoms with E-state index in [-0.39, 0.29) is 0 Å². The summed E-state index contributed by atoms with van der Waals surface area (Å²) in [6.07, 6.45) is 4.19. The second-order valence-corrected chi connectivity index (χ2v) is 3.96. The summed E-state index contributed by atoms with van der Waals surface area (Å²) in [5, 5.41) is 3.49. The maximum Gasteiger partial charge on any atom is 0.136 e. The zero-order valence-electron chi connectivity index (χ0n) is 6.97. The minimum absolute atomic E-state index is 0.418. The fraction of sp³-hybridized carbons (Fsp3) is 0.889. The van der Waals surface area contributed by atoms with Crippen LogP contribution in [-0.2, 0) is 4.79 Å². The van der Waals surface area contributed by atoms with Crippen LogP contribution < -0.4 is 5.32 Å². The molecule has 1 aliphatic carbocycles. The lowest BCUT2D eigenvalue weighted by atomic mass is 9.95. The van der Waals surface area contributed by atoms with Crippen LogP contribution in [0.25, 0.3) is 0 Å². The van der Waals surface area contributed by atoms with Gasteiger partial charge in [-0.3, -0.25) is 4.79 Å². The third kappa shape index (κ3) is 1.62. The molecule has 2 atom stereocenters. The van der Waals surface area contributed by atoms with Crippen LogP contribution in [0, 0.1) is 5.92 Å². The summed E-state index contributed by atoms with van der Waals surface area (Å²) in [5.41, 5.74) is 0. The van der Waals surface area contributed by atoms with Crippen molar-refractivity contribution < 1.29 is 4.79 Å². The Labute approximate surface area is 67.4 Å². The van der Waals surface area contributed by atoms with Gasteiger partial charge in [-0.05, 0) is 25.7 Å². The van der Waals surface area contributed by atoms with Crippen molar-refractivity contribution in [2.75, 3.05) is 0 Å². The summed E-state index contributed by atoms with van der Waals surface area (Å²) in [5.74, 6) is 1.27. The van der Waals surface area contributed by atoms with Crippen molar-refractivity contribution in [2.24, 2.45) is 5.92 Å². The molecule has 0 aromatic carbocycles. The molecule has 0 spiro atoms. The molecule has 1 heterocycles. The van der Waals surface area contributed by atoms with E-state index in [1.54, 1.807) is 0 Å². The first kappa shape index (κ1) is 7.29. The van der Waals surface area contributed by atoms with E-state index in [0.29, 0.717) is 17.9 Å². The van der Waals surface area contributed by atoms with E-state index in [2.05, 4.69) is 12.2 Å². The van der Waals surface area contributed by atoms with Gasteiger partial charge in [0.05, 0.1) is 0 Å². The Morgan fingerprint density at radius 2 is 2.09 bits per heavy atom. The number of carbonyl (C=O) groups excluding carboxylic acids is 1. The van der Waals surface area contributed by atoms with Crippen molar-refractivity contribution in [2.45, 2.75) is 44.7 Å². The Morgan fingerprint density at radius 3 is 2.64 bits per heavy atom. The lowest BCUT2D eigenvalue weighted by Crippen LogP contribution is -2.45. The first-order chi connectivity index (χ1) is 5.25. The predicted octanol–water partition coefficient (Wildman–Crippen LogP) is 1.11. The standard InChI is InChI=1S/C9H15NO/c1-6-4-8(11)5-9(10-6)7-2-3-7/h6-7,9-10H,2-5H2,1H3/t6-,9-/m0/s1. The number of hydrogen-bond donors (Lipinski definition) is 1. The molecular formula is C9H15NO. The molecule has 2 rings (SSSR count). The van der Waals surface area contributed by atoms with Crippen molar-refractivity contribution in [1.82, 2.24) is 5.32 Å². The number of rotatable bonds is 1. The molecule has 2 nitrogen and oxygen atoms in total. The maximum absolute atomic E-state index is 11.2. The Morgan fingerprint density at radius 1 is 1.36 bits per heavy atom. The molecule has 0 aromatic rings. The fourth-order valence-electron chi connectivity index (χ4n) is 1.95. The third-order valence-electron chi connectivity index (χ3n) is 2.67. The van der Waals surface area contributed by atoms with E-state index in [1.165, 1.54) is 12.8 Å². The number of hydrogen-bond acceptors (Lipinski definition) is 2. The van der Waals surface area contributed by atoms with Crippen molar-refractivity contribution in [1.29, 1.82) is 0 Å². The zero-order valence-corrected chi connectivity index (χ0v) is 6.97. The van der Waals surface area contributed by atoms with Gasteiger partial charge in [0.15, 0.2) is 0 Å². The number of ketones is 1. The molecule has 1 saturated heterocycles. The summed E-state index contributed by atoms with van der Waals surface area (Å²) in [7, 11) is 0. The highest BCUT2D eigenvalue weighted by atomic mass is 16.1. The summed E-state index contributed by atoms with van der Waals surface area (Å²) >= 11 is 0. The van der Waals surface area contributed by atoms with Gasteiger partial charge in [-0.1, -0.05) is 0 Å². The highest BCUT2D eigenvalue weighted by molar-refractivity contribution is 5.80. The molecule has 1 N–H and O–H groups in total. The van der Waals surface area contributed by atoms with Crippen LogP contribution in [0.1, 0.15) is 32.6 Å². The molecule has 11 heavy (non-hydrogen) atoms. The lowest BCUT2D eigenvalue weighted by Gasteiger charge is -2.27.